The number of aromatic hydroxyl groups is 1. The van der Waals surface area contributed by atoms with Gasteiger partial charge in [0.25, 0.3) is 0 Å². The molecule has 0 spiro atoms. The van der Waals surface area contributed by atoms with E-state index in [1.807, 2.05) is 0 Å². The van der Waals surface area contributed by atoms with Crippen molar-refractivity contribution in [2.24, 2.45) is 0 Å². The summed E-state index contributed by atoms with van der Waals surface area (Å²) in [6, 6.07) is 3.34. The van der Waals surface area contributed by atoms with Crippen molar-refractivity contribution in [3.8, 4) is 5.75 Å². The van der Waals surface area contributed by atoms with E-state index in [0.717, 1.165) is 32.1 Å². The average molecular weight is 315 g/mol. The van der Waals surface area contributed by atoms with Gasteiger partial charge in [0.2, 0.25) is 10.0 Å². The van der Waals surface area contributed by atoms with Crippen LogP contribution in [0.25, 0.3) is 0 Å². The summed E-state index contributed by atoms with van der Waals surface area (Å²) >= 11 is 0. The zero-order chi connectivity index (χ0) is 15.6. The van der Waals surface area contributed by atoms with Gasteiger partial charge in [-0.15, -0.1) is 0 Å². The number of aliphatic hydroxyl groups excluding tert-OH is 1. The van der Waals surface area contributed by atoms with Crippen molar-refractivity contribution in [1.29, 1.82) is 0 Å². The molecule has 0 atom stereocenters. The van der Waals surface area contributed by atoms with Gasteiger partial charge in [0.15, 0.2) is 0 Å². The molecule has 21 heavy (non-hydrogen) atoms. The molecule has 0 aromatic heterocycles. The zero-order valence-electron chi connectivity index (χ0n) is 11.5. The smallest absolute Gasteiger partial charge is 0.341 e. The summed E-state index contributed by atoms with van der Waals surface area (Å²) < 4.78 is 30.8. The van der Waals surface area contributed by atoms with E-state index in [4.69, 9.17) is 5.11 Å². The van der Waals surface area contributed by atoms with Crippen LogP contribution < -0.4 is 0 Å². The normalized spacial score (nSPS) is 15.2. The third-order valence-corrected chi connectivity index (χ3v) is 5.20. The minimum Gasteiger partial charge on any atom is -0.507 e. The Morgan fingerprint density at radius 1 is 1.43 bits per heavy atom. The Labute approximate surface area is 122 Å². The molecular formula is C13H17NO6S. The number of nitrogens with zero attached hydrogens (tertiary/aromatic N) is 1. The van der Waals surface area contributed by atoms with Gasteiger partial charge < -0.3 is 14.9 Å². The molecule has 2 N–H and O–H groups in total. The number of benzene rings is 1. The lowest BCUT2D eigenvalue weighted by Gasteiger charge is -2.21. The van der Waals surface area contributed by atoms with Gasteiger partial charge in [-0.25, -0.2) is 13.2 Å². The highest BCUT2D eigenvalue weighted by atomic mass is 32.2. The Hall–Kier alpha value is -1.64. The van der Waals surface area contributed by atoms with Crippen LogP contribution in [0.15, 0.2) is 23.1 Å². The van der Waals surface area contributed by atoms with Crippen molar-refractivity contribution in [2.75, 3.05) is 20.3 Å². The van der Waals surface area contributed by atoms with E-state index in [2.05, 4.69) is 4.74 Å². The molecule has 0 saturated heterocycles. The number of aliphatic hydroxyl groups is 1. The maximum absolute atomic E-state index is 12.6. The van der Waals surface area contributed by atoms with Crippen LogP contribution in [0.3, 0.4) is 0 Å². The number of rotatable bonds is 6. The third kappa shape index (κ3) is 3.17. The second-order valence-corrected chi connectivity index (χ2v) is 6.63. The SMILES string of the molecule is COC(=O)c1cc(S(=O)(=O)N(CCO)C2CC2)ccc1O. The number of ether oxygens (including phenoxy) is 1. The second-order valence-electron chi connectivity index (χ2n) is 4.74. The molecule has 1 saturated carbocycles. The lowest BCUT2D eigenvalue weighted by atomic mass is 10.2. The van der Waals surface area contributed by atoms with Crippen LogP contribution in [0, 0.1) is 0 Å². The second kappa shape index (κ2) is 6.00. The molecule has 116 valence electrons. The fourth-order valence-electron chi connectivity index (χ4n) is 2.04. The highest BCUT2D eigenvalue weighted by Crippen LogP contribution is 2.33. The molecule has 7 nitrogen and oxygen atoms in total. The number of sulfonamides is 1. The molecule has 2 rings (SSSR count). The number of phenolic OH excluding ortho intramolecular Hbond substituents is 1. The van der Waals surface area contributed by atoms with E-state index >= 15 is 0 Å². The predicted molar refractivity (Wildman–Crippen MR) is 73.4 cm³/mol. The predicted octanol–water partition coefficient (Wildman–Crippen LogP) is 0.324. The Balaban J connectivity index is 2.42. The van der Waals surface area contributed by atoms with E-state index < -0.39 is 16.0 Å². The number of hydrogen-bond acceptors (Lipinski definition) is 6. The summed E-state index contributed by atoms with van der Waals surface area (Å²) in [6.45, 7) is -0.279. The monoisotopic (exact) mass is 315 g/mol. The van der Waals surface area contributed by atoms with Crippen LogP contribution >= 0.6 is 0 Å². The number of esters is 1. The summed E-state index contributed by atoms with van der Waals surface area (Å²) in [5.41, 5.74) is -0.210. The van der Waals surface area contributed by atoms with E-state index in [9.17, 15) is 18.3 Å². The fraction of sp³-hybridized carbons (Fsp3) is 0.462. The largest absolute Gasteiger partial charge is 0.507 e. The first-order chi connectivity index (χ1) is 9.91. The molecule has 1 aliphatic carbocycles. The number of hydrogen-bond donors (Lipinski definition) is 2. The fourth-order valence-corrected chi connectivity index (χ4v) is 3.75. The van der Waals surface area contributed by atoms with Crippen LogP contribution in [0.4, 0.5) is 0 Å². The topological polar surface area (TPSA) is 104 Å². The van der Waals surface area contributed by atoms with Crippen LogP contribution in [0.1, 0.15) is 23.2 Å². The molecular weight excluding hydrogens is 298 g/mol. The quantitative estimate of drug-likeness (QED) is 0.733. The van der Waals surface area contributed by atoms with Crippen molar-refractivity contribution in [1.82, 2.24) is 4.31 Å². The summed E-state index contributed by atoms with van der Waals surface area (Å²) in [5, 5.41) is 18.6. The Morgan fingerprint density at radius 2 is 2.10 bits per heavy atom. The van der Waals surface area contributed by atoms with Crippen LogP contribution in [0.5, 0.6) is 5.75 Å². The molecule has 0 radical (unpaired) electrons. The average Bonchev–Trinajstić information content (AvgIpc) is 3.28. The maximum Gasteiger partial charge on any atom is 0.341 e. The maximum atomic E-state index is 12.6. The van der Waals surface area contributed by atoms with Crippen molar-refractivity contribution in [3.05, 3.63) is 23.8 Å². The summed E-state index contributed by atoms with van der Waals surface area (Å²) in [4.78, 5) is 11.4. The highest BCUT2D eigenvalue weighted by molar-refractivity contribution is 7.89. The van der Waals surface area contributed by atoms with E-state index in [1.54, 1.807) is 0 Å². The first kappa shape index (κ1) is 15.7. The first-order valence-corrected chi connectivity index (χ1v) is 7.90. The van der Waals surface area contributed by atoms with Gasteiger partial charge in [0.1, 0.15) is 11.3 Å². The van der Waals surface area contributed by atoms with Gasteiger partial charge in [-0.1, -0.05) is 0 Å². The number of carbonyl (C=O) groups excluding carboxylic acids is 1. The zero-order valence-corrected chi connectivity index (χ0v) is 12.3. The van der Waals surface area contributed by atoms with Gasteiger partial charge >= 0.3 is 5.97 Å². The molecule has 0 unspecified atom stereocenters. The minimum atomic E-state index is -3.83. The van der Waals surface area contributed by atoms with Gasteiger partial charge in [0.05, 0.1) is 18.6 Å². The third-order valence-electron chi connectivity index (χ3n) is 3.25. The van der Waals surface area contributed by atoms with Crippen LogP contribution in [0.2, 0.25) is 0 Å². The van der Waals surface area contributed by atoms with Crippen LogP contribution in [-0.4, -0.2) is 55.2 Å². The number of methoxy groups -OCH3 is 1. The van der Waals surface area contributed by atoms with Gasteiger partial charge in [-0.2, -0.15) is 4.31 Å². The summed E-state index contributed by atoms with van der Waals surface area (Å²) in [5.74, 6) is -1.16. The van der Waals surface area contributed by atoms with Gasteiger partial charge in [-0.3, -0.25) is 0 Å². The lowest BCUT2D eigenvalue weighted by molar-refractivity contribution is 0.0597. The molecule has 0 amide bonds. The van der Waals surface area contributed by atoms with Crippen molar-refractivity contribution in [3.63, 3.8) is 0 Å². The molecule has 0 heterocycles. The van der Waals surface area contributed by atoms with Gasteiger partial charge in [-0.05, 0) is 31.0 Å². The van der Waals surface area contributed by atoms with Crippen molar-refractivity contribution >= 4 is 16.0 Å². The molecule has 1 fully saturated rings. The number of phenols is 1. The molecule has 8 heteroatoms. The van der Waals surface area contributed by atoms with Gasteiger partial charge in [0, 0.05) is 12.6 Å². The molecule has 0 aliphatic heterocycles. The van der Waals surface area contributed by atoms with E-state index in [0.29, 0.717) is 0 Å². The molecule has 1 aromatic carbocycles. The Bertz CT molecular complexity index is 638. The van der Waals surface area contributed by atoms with Crippen molar-refractivity contribution in [2.45, 2.75) is 23.8 Å². The van der Waals surface area contributed by atoms with E-state index in [-0.39, 0.29) is 35.4 Å². The number of carbonyl (C=O) groups is 1. The summed E-state index contributed by atoms with van der Waals surface area (Å²) in [6.07, 6.45) is 1.50. The Morgan fingerprint density at radius 3 is 2.62 bits per heavy atom. The standard InChI is InChI=1S/C13H17NO6S/c1-20-13(17)11-8-10(4-5-12(11)16)21(18,19)14(6-7-15)9-2-3-9/h4-5,8-9,15-16H,2-3,6-7H2,1H3. The molecule has 1 aliphatic rings. The molecule has 0 bridgehead atoms. The van der Waals surface area contributed by atoms with E-state index in [1.165, 1.54) is 10.4 Å². The lowest BCUT2D eigenvalue weighted by Crippen LogP contribution is -2.35. The highest BCUT2D eigenvalue weighted by Gasteiger charge is 2.38. The summed E-state index contributed by atoms with van der Waals surface area (Å²) in [7, 11) is -2.68. The Kier molecular flexibility index (Phi) is 4.50. The minimum absolute atomic E-state index is 0.00142. The molecule has 1 aromatic rings. The van der Waals surface area contributed by atoms with Crippen LogP contribution in [-0.2, 0) is 14.8 Å². The first-order valence-electron chi connectivity index (χ1n) is 6.46. The van der Waals surface area contributed by atoms with Crippen molar-refractivity contribution < 1.29 is 28.2 Å².